The maximum Gasteiger partial charge on any atom is 0.176 e. The van der Waals surface area contributed by atoms with Crippen molar-refractivity contribution in [2.75, 3.05) is 26.8 Å². The maximum atomic E-state index is 12.2. The molecule has 0 aliphatic rings. The van der Waals surface area contributed by atoms with Gasteiger partial charge in [-0.3, -0.25) is 9.69 Å². The van der Waals surface area contributed by atoms with E-state index in [9.17, 15) is 9.90 Å². The molecule has 0 heterocycles. The van der Waals surface area contributed by atoms with Crippen LogP contribution in [0.1, 0.15) is 30.6 Å². The molecule has 0 saturated heterocycles. The molecule has 1 atom stereocenters. The van der Waals surface area contributed by atoms with Crippen molar-refractivity contribution in [3.63, 3.8) is 0 Å². The Morgan fingerprint density at radius 3 is 2.53 bits per heavy atom. The Morgan fingerprint density at radius 1 is 1.37 bits per heavy atom. The van der Waals surface area contributed by atoms with Crippen LogP contribution < -0.4 is 0 Å². The number of benzene rings is 1. The number of aromatic hydroxyl groups is 1. The predicted molar refractivity (Wildman–Crippen MR) is 75.6 cm³/mol. The molecule has 0 amide bonds. The highest BCUT2D eigenvalue weighted by Gasteiger charge is 2.16. The summed E-state index contributed by atoms with van der Waals surface area (Å²) < 4.78 is 5.08. The van der Waals surface area contributed by atoms with Crippen molar-refractivity contribution in [3.8, 4) is 5.75 Å². The first kappa shape index (κ1) is 15.7. The highest BCUT2D eigenvalue weighted by Crippen LogP contribution is 2.12. The van der Waals surface area contributed by atoms with Crippen LogP contribution in [0, 0.1) is 0 Å². The van der Waals surface area contributed by atoms with Crippen molar-refractivity contribution in [3.05, 3.63) is 29.8 Å². The zero-order valence-corrected chi connectivity index (χ0v) is 11.9. The first-order valence-electron chi connectivity index (χ1n) is 6.63. The van der Waals surface area contributed by atoms with Gasteiger partial charge in [-0.25, -0.2) is 0 Å². The summed E-state index contributed by atoms with van der Waals surface area (Å²) in [4.78, 5) is 14.3. The first-order chi connectivity index (χ1) is 9.08. The van der Waals surface area contributed by atoms with Crippen molar-refractivity contribution in [2.24, 2.45) is 0 Å². The van der Waals surface area contributed by atoms with E-state index in [1.54, 1.807) is 19.2 Å². The summed E-state index contributed by atoms with van der Waals surface area (Å²) in [5, 5.41) is 9.22. The average molecular weight is 265 g/mol. The number of phenolic OH excluding ortho intramolecular Hbond substituents is 1. The molecule has 1 unspecified atom stereocenters. The number of carbonyl (C=O) groups is 1. The Balaban J connectivity index is 2.66. The summed E-state index contributed by atoms with van der Waals surface area (Å²) in [6.07, 6.45) is 0.993. The molecule has 1 aromatic carbocycles. The van der Waals surface area contributed by atoms with E-state index in [2.05, 4.69) is 18.7 Å². The van der Waals surface area contributed by atoms with Gasteiger partial charge in [-0.2, -0.15) is 0 Å². The highest BCUT2D eigenvalue weighted by molar-refractivity contribution is 5.97. The molecule has 0 fully saturated rings. The summed E-state index contributed by atoms with van der Waals surface area (Å²) in [5.41, 5.74) is 0.628. The van der Waals surface area contributed by atoms with E-state index in [0.717, 1.165) is 13.0 Å². The van der Waals surface area contributed by atoms with Gasteiger partial charge in [0.1, 0.15) is 5.75 Å². The number of phenols is 1. The highest BCUT2D eigenvalue weighted by atomic mass is 16.5. The largest absolute Gasteiger partial charge is 0.508 e. The molecule has 0 aromatic heterocycles. The molecule has 4 nitrogen and oxygen atoms in total. The van der Waals surface area contributed by atoms with Crippen molar-refractivity contribution in [1.82, 2.24) is 4.90 Å². The van der Waals surface area contributed by atoms with Gasteiger partial charge >= 0.3 is 0 Å². The zero-order chi connectivity index (χ0) is 14.3. The second-order valence-electron chi connectivity index (χ2n) is 4.69. The van der Waals surface area contributed by atoms with Crippen LogP contribution in [-0.4, -0.2) is 48.6 Å². The van der Waals surface area contributed by atoms with Gasteiger partial charge in [0.25, 0.3) is 0 Å². The lowest BCUT2D eigenvalue weighted by molar-refractivity contribution is 0.0834. The quantitative estimate of drug-likeness (QED) is 0.733. The number of hydrogen-bond donors (Lipinski definition) is 1. The predicted octanol–water partition coefficient (Wildman–Crippen LogP) is 2.32. The number of carbonyl (C=O) groups excluding carboxylic acids is 1. The molecule has 0 aliphatic heterocycles. The minimum atomic E-state index is 0.0661. The van der Waals surface area contributed by atoms with E-state index in [0.29, 0.717) is 24.8 Å². The second-order valence-corrected chi connectivity index (χ2v) is 4.69. The molecule has 0 aliphatic carbocycles. The molecule has 1 N–H and O–H groups in total. The van der Waals surface area contributed by atoms with Gasteiger partial charge in [0.2, 0.25) is 0 Å². The zero-order valence-electron chi connectivity index (χ0n) is 11.9. The summed E-state index contributed by atoms with van der Waals surface area (Å²) >= 11 is 0. The fourth-order valence-electron chi connectivity index (χ4n) is 1.85. The van der Waals surface area contributed by atoms with Crippen molar-refractivity contribution in [1.29, 1.82) is 0 Å². The van der Waals surface area contributed by atoms with E-state index < -0.39 is 0 Å². The SMILES string of the molecule is CCC(C)N(CCOC)CC(=O)c1ccc(O)cc1. The van der Waals surface area contributed by atoms with E-state index in [-0.39, 0.29) is 11.5 Å². The third-order valence-corrected chi connectivity index (χ3v) is 3.33. The van der Waals surface area contributed by atoms with Gasteiger partial charge in [0, 0.05) is 25.3 Å². The van der Waals surface area contributed by atoms with Crippen molar-refractivity contribution >= 4 is 5.78 Å². The topological polar surface area (TPSA) is 49.8 Å². The van der Waals surface area contributed by atoms with Gasteiger partial charge in [-0.15, -0.1) is 0 Å². The number of rotatable bonds is 8. The third-order valence-electron chi connectivity index (χ3n) is 3.33. The summed E-state index contributed by atoms with van der Waals surface area (Å²) in [6.45, 7) is 5.96. The maximum absolute atomic E-state index is 12.2. The molecule has 0 saturated carbocycles. The Bertz CT molecular complexity index is 389. The number of Topliss-reactive ketones (excluding diaryl/α,β-unsaturated/α-hetero) is 1. The Labute approximate surface area is 115 Å². The number of hydrogen-bond acceptors (Lipinski definition) is 4. The van der Waals surface area contributed by atoms with E-state index in [1.165, 1.54) is 12.1 Å². The minimum absolute atomic E-state index is 0.0661. The van der Waals surface area contributed by atoms with E-state index in [1.807, 2.05) is 0 Å². The number of methoxy groups -OCH3 is 1. The number of ketones is 1. The summed E-state index contributed by atoms with van der Waals surface area (Å²) in [6, 6.07) is 6.73. The lowest BCUT2D eigenvalue weighted by atomic mass is 10.1. The van der Waals surface area contributed by atoms with Crippen LogP contribution in [0.2, 0.25) is 0 Å². The smallest absolute Gasteiger partial charge is 0.176 e. The van der Waals surface area contributed by atoms with Crippen LogP contribution in [0.4, 0.5) is 0 Å². The molecule has 1 aromatic rings. The van der Waals surface area contributed by atoms with Gasteiger partial charge in [-0.05, 0) is 37.6 Å². The second kappa shape index (κ2) is 7.92. The van der Waals surface area contributed by atoms with Crippen LogP contribution in [0.5, 0.6) is 5.75 Å². The van der Waals surface area contributed by atoms with Crippen LogP contribution >= 0.6 is 0 Å². The molecule has 0 bridgehead atoms. The van der Waals surface area contributed by atoms with E-state index in [4.69, 9.17) is 4.74 Å². The lowest BCUT2D eigenvalue weighted by Gasteiger charge is -2.27. The molecular formula is C15H23NO3. The molecular weight excluding hydrogens is 242 g/mol. The average Bonchev–Trinajstić information content (AvgIpc) is 2.43. The number of ether oxygens (including phenoxy) is 1. The Hall–Kier alpha value is -1.39. The molecule has 1 rings (SSSR count). The van der Waals surface area contributed by atoms with Gasteiger partial charge < -0.3 is 9.84 Å². The van der Waals surface area contributed by atoms with Crippen LogP contribution in [-0.2, 0) is 4.74 Å². The van der Waals surface area contributed by atoms with Crippen LogP contribution in [0.25, 0.3) is 0 Å². The monoisotopic (exact) mass is 265 g/mol. The standard InChI is InChI=1S/C15H23NO3/c1-4-12(2)16(9-10-19-3)11-15(18)13-5-7-14(17)8-6-13/h5-8,12,17H,4,9-11H2,1-3H3. The third kappa shape index (κ3) is 5.01. The number of nitrogens with zero attached hydrogens (tertiary/aromatic N) is 1. The first-order valence-corrected chi connectivity index (χ1v) is 6.63. The Morgan fingerprint density at radius 2 is 2.00 bits per heavy atom. The molecule has 4 heteroatoms. The molecule has 0 spiro atoms. The summed E-state index contributed by atoms with van der Waals surface area (Å²) in [7, 11) is 1.66. The van der Waals surface area contributed by atoms with Crippen LogP contribution in [0.3, 0.4) is 0 Å². The molecule has 0 radical (unpaired) electrons. The summed E-state index contributed by atoms with van der Waals surface area (Å²) in [5.74, 6) is 0.242. The molecule has 19 heavy (non-hydrogen) atoms. The van der Waals surface area contributed by atoms with Gasteiger partial charge in [0.05, 0.1) is 13.2 Å². The molecule has 106 valence electrons. The van der Waals surface area contributed by atoms with Gasteiger partial charge in [-0.1, -0.05) is 6.92 Å². The van der Waals surface area contributed by atoms with E-state index >= 15 is 0 Å². The van der Waals surface area contributed by atoms with Gasteiger partial charge in [0.15, 0.2) is 5.78 Å². The fraction of sp³-hybridized carbons (Fsp3) is 0.533. The Kier molecular flexibility index (Phi) is 6.53. The van der Waals surface area contributed by atoms with Crippen molar-refractivity contribution < 1.29 is 14.6 Å². The fourth-order valence-corrected chi connectivity index (χ4v) is 1.85. The minimum Gasteiger partial charge on any atom is -0.508 e. The normalized spacial score (nSPS) is 12.6. The van der Waals surface area contributed by atoms with Crippen LogP contribution in [0.15, 0.2) is 24.3 Å². The van der Waals surface area contributed by atoms with Crippen molar-refractivity contribution in [2.45, 2.75) is 26.3 Å². The lowest BCUT2D eigenvalue weighted by Crippen LogP contribution is -2.39.